The molecule has 28 heavy (non-hydrogen) atoms. The van der Waals surface area contributed by atoms with Crippen molar-refractivity contribution in [3.63, 3.8) is 0 Å². The molecule has 0 fully saturated rings. The van der Waals surface area contributed by atoms with Crippen molar-refractivity contribution in [2.45, 2.75) is 25.0 Å². The van der Waals surface area contributed by atoms with Gasteiger partial charge in [0.25, 0.3) is 0 Å². The Morgan fingerprint density at radius 3 is 2.64 bits per heavy atom. The Morgan fingerprint density at radius 1 is 1.14 bits per heavy atom. The van der Waals surface area contributed by atoms with Crippen molar-refractivity contribution in [2.75, 3.05) is 0 Å². The molecular weight excluding hydrogens is 385 g/mol. The van der Waals surface area contributed by atoms with Crippen LogP contribution in [0.2, 0.25) is 0 Å². The van der Waals surface area contributed by atoms with Crippen LogP contribution in [0.3, 0.4) is 0 Å². The summed E-state index contributed by atoms with van der Waals surface area (Å²) in [5.74, 6) is -0.755. The average Bonchev–Trinajstić information content (AvgIpc) is 3.19. The van der Waals surface area contributed by atoms with Crippen LogP contribution in [0, 0.1) is 12.7 Å². The van der Waals surface area contributed by atoms with Gasteiger partial charge in [0.1, 0.15) is 18.2 Å². The highest BCUT2D eigenvalue weighted by Crippen LogP contribution is 2.18. The molecule has 0 aliphatic heterocycles. The van der Waals surface area contributed by atoms with E-state index in [0.717, 1.165) is 0 Å². The van der Waals surface area contributed by atoms with E-state index in [0.29, 0.717) is 11.3 Å². The monoisotopic (exact) mass is 403 g/mol. The second-order valence-corrected chi connectivity index (χ2v) is 7.82. The smallest absolute Gasteiger partial charge is 0.338 e. The molecule has 1 aromatic heterocycles. The van der Waals surface area contributed by atoms with Crippen molar-refractivity contribution in [3.05, 3.63) is 89.1 Å². The number of furan rings is 1. The SMILES string of the molecule is Cc1ccc(S(=O)(=O)NCc2ccco2)cc1C(=O)OCc1ccccc1F. The first-order valence-electron chi connectivity index (χ1n) is 8.40. The number of esters is 1. The summed E-state index contributed by atoms with van der Waals surface area (Å²) in [4.78, 5) is 12.3. The van der Waals surface area contributed by atoms with Crippen LogP contribution in [0.1, 0.15) is 27.2 Å². The Bertz CT molecular complexity index is 1080. The van der Waals surface area contributed by atoms with Gasteiger partial charge in [-0.3, -0.25) is 0 Å². The lowest BCUT2D eigenvalue weighted by molar-refractivity contribution is 0.0468. The van der Waals surface area contributed by atoms with Crippen LogP contribution in [0.5, 0.6) is 0 Å². The molecule has 0 spiro atoms. The van der Waals surface area contributed by atoms with Crippen LogP contribution in [0.4, 0.5) is 4.39 Å². The van der Waals surface area contributed by atoms with Gasteiger partial charge in [-0.15, -0.1) is 0 Å². The van der Waals surface area contributed by atoms with Crippen LogP contribution < -0.4 is 4.72 Å². The normalized spacial score (nSPS) is 11.4. The van der Waals surface area contributed by atoms with Gasteiger partial charge in [-0.05, 0) is 42.8 Å². The van der Waals surface area contributed by atoms with Crippen molar-refractivity contribution >= 4 is 16.0 Å². The minimum absolute atomic E-state index is 0.0176. The molecule has 6 nitrogen and oxygen atoms in total. The summed E-state index contributed by atoms with van der Waals surface area (Å²) in [6.45, 7) is 1.39. The van der Waals surface area contributed by atoms with E-state index in [-0.39, 0.29) is 29.2 Å². The molecule has 0 aliphatic rings. The van der Waals surface area contributed by atoms with Gasteiger partial charge in [-0.25, -0.2) is 22.3 Å². The fraction of sp³-hybridized carbons (Fsp3) is 0.150. The number of aryl methyl sites for hydroxylation is 1. The molecule has 3 rings (SSSR count). The first-order chi connectivity index (χ1) is 13.4. The maximum atomic E-state index is 13.7. The third kappa shape index (κ3) is 4.65. The summed E-state index contributed by atoms with van der Waals surface area (Å²) < 4.78 is 51.3. The van der Waals surface area contributed by atoms with Crippen LogP contribution in [0.15, 0.2) is 70.2 Å². The summed E-state index contributed by atoms with van der Waals surface area (Å²) in [6, 6.07) is 13.4. The lowest BCUT2D eigenvalue weighted by Crippen LogP contribution is -2.23. The summed E-state index contributed by atoms with van der Waals surface area (Å²) in [5.41, 5.74) is 0.873. The Balaban J connectivity index is 1.74. The van der Waals surface area contributed by atoms with E-state index in [1.165, 1.54) is 42.7 Å². The molecule has 0 saturated heterocycles. The van der Waals surface area contributed by atoms with E-state index in [1.807, 2.05) is 0 Å². The standard InChI is InChI=1S/C20H18FNO5S/c1-14-8-9-17(28(24,25)22-12-16-6-4-10-26-16)11-18(14)20(23)27-13-15-5-2-3-7-19(15)21/h2-11,22H,12-13H2,1H3. The number of ether oxygens (including phenoxy) is 1. The first kappa shape index (κ1) is 19.8. The van der Waals surface area contributed by atoms with Gasteiger partial charge in [0.15, 0.2) is 0 Å². The number of carbonyl (C=O) groups is 1. The molecule has 1 N–H and O–H groups in total. The number of halogens is 1. The number of rotatable bonds is 7. The number of benzene rings is 2. The van der Waals surface area contributed by atoms with Crippen molar-refractivity contribution < 1.29 is 26.8 Å². The van der Waals surface area contributed by atoms with Crippen LogP contribution in [-0.2, 0) is 27.9 Å². The molecule has 0 bridgehead atoms. The summed E-state index contributed by atoms with van der Waals surface area (Å²) >= 11 is 0. The highest BCUT2D eigenvalue weighted by Gasteiger charge is 2.19. The molecule has 3 aromatic rings. The van der Waals surface area contributed by atoms with E-state index < -0.39 is 21.8 Å². The quantitative estimate of drug-likeness (QED) is 0.610. The third-order valence-electron chi connectivity index (χ3n) is 4.07. The molecule has 0 amide bonds. The van der Waals surface area contributed by atoms with E-state index >= 15 is 0 Å². The van der Waals surface area contributed by atoms with Gasteiger partial charge in [0, 0.05) is 5.56 Å². The fourth-order valence-electron chi connectivity index (χ4n) is 2.49. The maximum Gasteiger partial charge on any atom is 0.338 e. The molecule has 0 unspecified atom stereocenters. The third-order valence-corrected chi connectivity index (χ3v) is 5.47. The lowest BCUT2D eigenvalue weighted by Gasteiger charge is -2.11. The zero-order valence-corrected chi connectivity index (χ0v) is 15.8. The molecule has 8 heteroatoms. The second kappa shape index (κ2) is 8.37. The van der Waals surface area contributed by atoms with Gasteiger partial charge in [0.2, 0.25) is 10.0 Å². The van der Waals surface area contributed by atoms with E-state index in [1.54, 1.807) is 25.1 Å². The van der Waals surface area contributed by atoms with Crippen molar-refractivity contribution in [1.82, 2.24) is 4.72 Å². The molecule has 146 valence electrons. The molecule has 0 saturated carbocycles. The Kier molecular flexibility index (Phi) is 5.91. The van der Waals surface area contributed by atoms with Crippen molar-refractivity contribution in [2.24, 2.45) is 0 Å². The summed E-state index contributed by atoms with van der Waals surface area (Å²) in [5, 5.41) is 0. The largest absolute Gasteiger partial charge is 0.468 e. The van der Waals surface area contributed by atoms with Gasteiger partial charge < -0.3 is 9.15 Å². The maximum absolute atomic E-state index is 13.7. The number of nitrogens with one attached hydrogen (secondary N) is 1. The summed E-state index contributed by atoms with van der Waals surface area (Å²) in [6.07, 6.45) is 1.44. The van der Waals surface area contributed by atoms with Crippen molar-refractivity contribution in [1.29, 1.82) is 0 Å². The summed E-state index contributed by atoms with van der Waals surface area (Å²) in [7, 11) is -3.86. The van der Waals surface area contributed by atoms with E-state index in [9.17, 15) is 17.6 Å². The van der Waals surface area contributed by atoms with Crippen LogP contribution in [-0.4, -0.2) is 14.4 Å². The van der Waals surface area contributed by atoms with Crippen LogP contribution >= 0.6 is 0 Å². The predicted molar refractivity (Wildman–Crippen MR) is 99.4 cm³/mol. The number of carbonyl (C=O) groups excluding carboxylic acids is 1. The fourth-order valence-corrected chi connectivity index (χ4v) is 3.51. The molecule has 0 aliphatic carbocycles. The number of hydrogen-bond donors (Lipinski definition) is 1. The molecule has 0 atom stereocenters. The molecular formula is C20H18FNO5S. The predicted octanol–water partition coefficient (Wildman–Crippen LogP) is 3.56. The zero-order valence-electron chi connectivity index (χ0n) is 15.0. The second-order valence-electron chi connectivity index (χ2n) is 6.05. The minimum Gasteiger partial charge on any atom is -0.468 e. The zero-order chi connectivity index (χ0) is 20.1. The van der Waals surface area contributed by atoms with E-state index in [2.05, 4.69) is 4.72 Å². The first-order valence-corrected chi connectivity index (χ1v) is 9.88. The highest BCUT2D eigenvalue weighted by molar-refractivity contribution is 7.89. The van der Waals surface area contributed by atoms with Crippen LogP contribution in [0.25, 0.3) is 0 Å². The minimum atomic E-state index is -3.86. The van der Waals surface area contributed by atoms with Gasteiger partial charge in [-0.2, -0.15) is 0 Å². The molecule has 0 radical (unpaired) electrons. The van der Waals surface area contributed by atoms with Gasteiger partial charge >= 0.3 is 5.97 Å². The van der Waals surface area contributed by atoms with Crippen molar-refractivity contribution in [3.8, 4) is 0 Å². The Hall–Kier alpha value is -2.97. The average molecular weight is 403 g/mol. The topological polar surface area (TPSA) is 85.6 Å². The number of hydrogen-bond acceptors (Lipinski definition) is 5. The van der Waals surface area contributed by atoms with Gasteiger partial charge in [-0.1, -0.05) is 24.3 Å². The lowest BCUT2D eigenvalue weighted by atomic mass is 10.1. The molecule has 1 heterocycles. The Labute approximate surface area is 162 Å². The van der Waals surface area contributed by atoms with Gasteiger partial charge in [0.05, 0.1) is 23.3 Å². The highest BCUT2D eigenvalue weighted by atomic mass is 32.2. The van der Waals surface area contributed by atoms with E-state index in [4.69, 9.17) is 9.15 Å². The Morgan fingerprint density at radius 2 is 1.93 bits per heavy atom. The molecule has 2 aromatic carbocycles. The number of sulfonamides is 1.